The third-order valence-corrected chi connectivity index (χ3v) is 2.51. The maximum atomic E-state index is 12.2. The van der Waals surface area contributed by atoms with E-state index in [0.29, 0.717) is 0 Å². The van der Waals surface area contributed by atoms with Crippen LogP contribution in [-0.2, 0) is 7.05 Å². The van der Waals surface area contributed by atoms with Crippen molar-refractivity contribution in [3.8, 4) is 17.0 Å². The maximum absolute atomic E-state index is 12.2. The molecule has 0 amide bonds. The first-order chi connectivity index (χ1) is 9.28. The lowest BCUT2D eigenvalue weighted by Crippen LogP contribution is -2.17. The van der Waals surface area contributed by atoms with Crippen LogP contribution in [0.1, 0.15) is 10.4 Å². The second kappa shape index (κ2) is 4.87. The minimum atomic E-state index is -4.80. The normalized spacial score (nSPS) is 11.4. The summed E-state index contributed by atoms with van der Waals surface area (Å²) in [6.45, 7) is 0. The minimum Gasteiger partial charge on any atom is -0.478 e. The second-order valence-corrected chi connectivity index (χ2v) is 3.91. The fourth-order valence-electron chi connectivity index (χ4n) is 1.78. The van der Waals surface area contributed by atoms with Crippen molar-refractivity contribution < 1.29 is 27.8 Å². The van der Waals surface area contributed by atoms with Crippen molar-refractivity contribution in [3.63, 3.8) is 0 Å². The first kappa shape index (κ1) is 13.9. The summed E-state index contributed by atoms with van der Waals surface area (Å²) in [6.07, 6.45) is -3.67. The van der Waals surface area contributed by atoms with E-state index in [4.69, 9.17) is 5.11 Å². The Morgan fingerprint density at radius 2 is 2.10 bits per heavy atom. The quantitative estimate of drug-likeness (QED) is 0.942. The number of carbonyl (C=O) groups is 1. The molecule has 1 aromatic heterocycles. The van der Waals surface area contributed by atoms with Gasteiger partial charge in [0.2, 0.25) is 0 Å². The number of nitrogens with zero attached hydrogens (tertiary/aromatic N) is 2. The maximum Gasteiger partial charge on any atom is 0.573 e. The second-order valence-electron chi connectivity index (χ2n) is 3.91. The van der Waals surface area contributed by atoms with Gasteiger partial charge in [0.05, 0.1) is 11.9 Å². The first-order valence-electron chi connectivity index (χ1n) is 5.39. The Kier molecular flexibility index (Phi) is 3.39. The third-order valence-electron chi connectivity index (χ3n) is 2.51. The molecule has 0 atom stereocenters. The summed E-state index contributed by atoms with van der Waals surface area (Å²) in [7, 11) is 1.50. The van der Waals surface area contributed by atoms with Crippen LogP contribution in [0.3, 0.4) is 0 Å². The number of alkyl halides is 3. The largest absolute Gasteiger partial charge is 0.573 e. The van der Waals surface area contributed by atoms with E-state index >= 15 is 0 Å². The number of aromatic nitrogens is 2. The van der Waals surface area contributed by atoms with E-state index in [0.717, 1.165) is 18.3 Å². The summed E-state index contributed by atoms with van der Waals surface area (Å²) in [4.78, 5) is 11.1. The lowest BCUT2D eigenvalue weighted by molar-refractivity contribution is -0.274. The molecule has 0 unspecified atom stereocenters. The zero-order valence-corrected chi connectivity index (χ0v) is 10.2. The van der Waals surface area contributed by atoms with Crippen LogP contribution in [0.4, 0.5) is 13.2 Å². The minimum absolute atomic E-state index is 0.100. The van der Waals surface area contributed by atoms with Gasteiger partial charge in [-0.3, -0.25) is 4.68 Å². The lowest BCUT2D eigenvalue weighted by Gasteiger charge is -2.10. The summed E-state index contributed by atoms with van der Waals surface area (Å²) in [5.41, 5.74) is 0.367. The molecule has 0 saturated carbocycles. The van der Waals surface area contributed by atoms with Gasteiger partial charge in [0, 0.05) is 12.6 Å². The molecule has 106 valence electrons. The Hall–Kier alpha value is -2.51. The van der Waals surface area contributed by atoms with E-state index in [1.54, 1.807) is 0 Å². The van der Waals surface area contributed by atoms with E-state index in [1.807, 2.05) is 0 Å². The average Bonchev–Trinajstić information content (AvgIpc) is 2.69. The number of aromatic carboxylic acids is 1. The third kappa shape index (κ3) is 2.90. The highest BCUT2D eigenvalue weighted by molar-refractivity contribution is 5.94. The molecule has 0 aliphatic heterocycles. The van der Waals surface area contributed by atoms with E-state index in [1.165, 1.54) is 23.9 Å². The molecule has 2 aromatic rings. The van der Waals surface area contributed by atoms with Crippen molar-refractivity contribution in [1.29, 1.82) is 0 Å². The lowest BCUT2D eigenvalue weighted by atomic mass is 10.1. The fourth-order valence-corrected chi connectivity index (χ4v) is 1.78. The SMILES string of the molecule is Cn1ncc(C(=O)O)c1-c1cccc(OC(F)(F)F)c1. The first-order valence-corrected chi connectivity index (χ1v) is 5.39. The van der Waals surface area contributed by atoms with Crippen LogP contribution < -0.4 is 4.74 Å². The molecule has 1 heterocycles. The molecule has 8 heteroatoms. The molecule has 5 nitrogen and oxygen atoms in total. The number of halogens is 3. The van der Waals surface area contributed by atoms with Gasteiger partial charge in [-0.05, 0) is 12.1 Å². The van der Waals surface area contributed by atoms with Crippen LogP contribution in [0.25, 0.3) is 11.3 Å². The highest BCUT2D eigenvalue weighted by atomic mass is 19.4. The molecule has 1 N–H and O–H groups in total. The summed E-state index contributed by atoms with van der Waals surface area (Å²) >= 11 is 0. The summed E-state index contributed by atoms with van der Waals surface area (Å²) < 4.78 is 41.6. The van der Waals surface area contributed by atoms with E-state index in [-0.39, 0.29) is 16.8 Å². The molecule has 0 spiro atoms. The molecular weight excluding hydrogens is 277 g/mol. The van der Waals surface area contributed by atoms with E-state index in [2.05, 4.69) is 9.84 Å². The van der Waals surface area contributed by atoms with Gasteiger partial charge in [0.1, 0.15) is 11.3 Å². The predicted octanol–water partition coefficient (Wildman–Crippen LogP) is 2.68. The molecule has 0 aliphatic rings. The van der Waals surface area contributed by atoms with Crippen molar-refractivity contribution in [1.82, 2.24) is 9.78 Å². The molecule has 0 aliphatic carbocycles. The Bertz CT molecular complexity index is 650. The van der Waals surface area contributed by atoms with Gasteiger partial charge in [0.25, 0.3) is 0 Å². The van der Waals surface area contributed by atoms with Crippen molar-refractivity contribution >= 4 is 5.97 Å². The number of ether oxygens (including phenoxy) is 1. The van der Waals surface area contributed by atoms with Gasteiger partial charge in [-0.2, -0.15) is 5.10 Å². The number of hydrogen-bond donors (Lipinski definition) is 1. The zero-order chi connectivity index (χ0) is 14.9. The Morgan fingerprint density at radius 1 is 1.40 bits per heavy atom. The highest BCUT2D eigenvalue weighted by Crippen LogP contribution is 2.29. The molecule has 2 rings (SSSR count). The molecule has 0 bridgehead atoms. The number of carboxylic acid groups (broad SMARTS) is 1. The van der Waals surface area contributed by atoms with Crippen LogP contribution in [0.15, 0.2) is 30.5 Å². The van der Waals surface area contributed by atoms with E-state index < -0.39 is 18.1 Å². The van der Waals surface area contributed by atoms with Crippen LogP contribution in [0.2, 0.25) is 0 Å². The molecule has 20 heavy (non-hydrogen) atoms. The van der Waals surface area contributed by atoms with Gasteiger partial charge in [-0.25, -0.2) is 4.79 Å². The average molecular weight is 286 g/mol. The number of hydrogen-bond acceptors (Lipinski definition) is 3. The Labute approximate surface area is 111 Å². The van der Waals surface area contributed by atoms with Gasteiger partial charge in [0.15, 0.2) is 0 Å². The van der Waals surface area contributed by atoms with Crippen molar-refractivity contribution in [3.05, 3.63) is 36.0 Å². The van der Waals surface area contributed by atoms with Crippen LogP contribution in [0.5, 0.6) is 5.75 Å². The van der Waals surface area contributed by atoms with Gasteiger partial charge in [-0.1, -0.05) is 12.1 Å². The van der Waals surface area contributed by atoms with Gasteiger partial charge >= 0.3 is 12.3 Å². The van der Waals surface area contributed by atoms with Gasteiger partial charge < -0.3 is 9.84 Å². The smallest absolute Gasteiger partial charge is 0.478 e. The number of benzene rings is 1. The summed E-state index contributed by atoms with van der Waals surface area (Å²) in [5.74, 6) is -1.64. The Balaban J connectivity index is 2.46. The van der Waals surface area contributed by atoms with E-state index in [9.17, 15) is 18.0 Å². The standard InChI is InChI=1S/C12H9F3N2O3/c1-17-10(9(6-16-17)11(18)19)7-3-2-4-8(5-7)20-12(13,14)15/h2-6H,1H3,(H,18,19). The summed E-state index contributed by atoms with van der Waals surface area (Å²) in [6, 6.07) is 5.06. The topological polar surface area (TPSA) is 64.4 Å². The van der Waals surface area contributed by atoms with Gasteiger partial charge in [-0.15, -0.1) is 13.2 Å². The van der Waals surface area contributed by atoms with Crippen molar-refractivity contribution in [2.45, 2.75) is 6.36 Å². The van der Waals surface area contributed by atoms with Crippen LogP contribution in [-0.4, -0.2) is 27.2 Å². The monoisotopic (exact) mass is 286 g/mol. The van der Waals surface area contributed by atoms with Crippen molar-refractivity contribution in [2.24, 2.45) is 7.05 Å². The summed E-state index contributed by atoms with van der Waals surface area (Å²) in [5, 5.41) is 12.8. The molecule has 0 radical (unpaired) electrons. The fraction of sp³-hybridized carbons (Fsp3) is 0.167. The Morgan fingerprint density at radius 3 is 2.70 bits per heavy atom. The molecule has 0 fully saturated rings. The number of rotatable bonds is 3. The van der Waals surface area contributed by atoms with Crippen LogP contribution >= 0.6 is 0 Å². The highest BCUT2D eigenvalue weighted by Gasteiger charge is 2.31. The molecular formula is C12H9F3N2O3. The van der Waals surface area contributed by atoms with Crippen molar-refractivity contribution in [2.75, 3.05) is 0 Å². The van der Waals surface area contributed by atoms with Crippen LogP contribution in [0, 0.1) is 0 Å². The number of carboxylic acids is 1. The molecule has 1 aromatic carbocycles. The zero-order valence-electron chi connectivity index (χ0n) is 10.2. The molecule has 0 saturated heterocycles. The number of aryl methyl sites for hydroxylation is 1. The predicted molar refractivity (Wildman–Crippen MR) is 62.3 cm³/mol.